The number of sulfonamides is 1. The summed E-state index contributed by atoms with van der Waals surface area (Å²) in [6.07, 6.45) is 5.07. The number of hydrogen-bond donors (Lipinski definition) is 3. The van der Waals surface area contributed by atoms with Crippen LogP contribution in [-0.2, 0) is 24.5 Å². The van der Waals surface area contributed by atoms with E-state index in [-0.39, 0.29) is 132 Å². The number of nitrogens with zero attached hydrogens (tertiary/aromatic N) is 5. The van der Waals surface area contributed by atoms with Gasteiger partial charge in [-0.25, -0.2) is 13.6 Å². The number of carbonyl (C=O) groups excluding carboxylic acids is 2. The predicted octanol–water partition coefficient (Wildman–Crippen LogP) is 1.46. The number of amides is 1. The molecule has 2 heterocycles. The fraction of sp³-hybridized carbons (Fsp3) is 0.220. The van der Waals surface area contributed by atoms with Crippen molar-refractivity contribution in [3.63, 3.8) is 0 Å². The Morgan fingerprint density at radius 1 is 0.902 bits per heavy atom. The van der Waals surface area contributed by atoms with E-state index in [9.17, 15) is 13.2 Å². The number of nitrogens with two attached hydrogens (primary N) is 1. The Morgan fingerprint density at radius 3 is 1.89 bits per heavy atom. The van der Waals surface area contributed by atoms with Gasteiger partial charge in [-0.05, 0) is 116 Å². The number of benzene rings is 5. The van der Waals surface area contributed by atoms with Crippen molar-refractivity contribution in [2.24, 2.45) is 5.14 Å². The van der Waals surface area contributed by atoms with Crippen LogP contribution in [0.1, 0.15) is 61.7 Å². The number of aromatic amines is 1. The van der Waals surface area contributed by atoms with E-state index in [1.165, 1.54) is 82.9 Å². The van der Waals surface area contributed by atoms with Gasteiger partial charge in [0.15, 0.2) is 9.93 Å². The van der Waals surface area contributed by atoms with Crippen molar-refractivity contribution in [2.75, 3.05) is 11.1 Å². The van der Waals surface area contributed by atoms with Crippen molar-refractivity contribution >= 4 is 85.2 Å². The molecular weight excluding hydrogens is 910 g/mol. The van der Waals surface area contributed by atoms with Gasteiger partial charge >= 0.3 is 103 Å². The molecule has 0 spiro atoms. The Morgan fingerprint density at radius 2 is 1.43 bits per heavy atom. The van der Waals surface area contributed by atoms with Crippen LogP contribution in [0.5, 0.6) is 0 Å². The number of primary sulfonamides is 1. The summed E-state index contributed by atoms with van der Waals surface area (Å²) < 4.78 is 27.6. The van der Waals surface area contributed by atoms with Crippen molar-refractivity contribution in [1.29, 1.82) is 0 Å². The van der Waals surface area contributed by atoms with E-state index in [0.29, 0.717) is 21.5 Å². The number of halogens is 1. The number of nitrogens with one attached hydrogen (secondary N) is 2. The molecule has 2 saturated carbocycles. The number of anilines is 1. The fourth-order valence-electron chi connectivity index (χ4n) is 6.97. The van der Waals surface area contributed by atoms with Gasteiger partial charge in [0.25, 0.3) is 6.47 Å². The van der Waals surface area contributed by atoms with E-state index in [2.05, 4.69) is 97.3 Å². The van der Waals surface area contributed by atoms with Crippen LogP contribution in [-0.4, -0.2) is 56.1 Å². The molecule has 61 heavy (non-hydrogen) atoms. The van der Waals surface area contributed by atoms with Gasteiger partial charge in [-0.3, -0.25) is 23.8 Å². The SMILES string of the molecule is Cc1n[nH]c(=S)n1-c1ccc(C2CC2)c2ccccc12.Cc1nnc(SCC(=O)Nc2ccc(S(N)(=O)=O)cc2Cl)n1-c1ccc(C2CC2)c2ccccc12.O=CO[O-].[H-].[K+].[K+]. The first-order valence-corrected chi connectivity index (χ1v) is 21.8. The third-order valence-corrected chi connectivity index (χ3v) is 12.4. The van der Waals surface area contributed by atoms with Gasteiger partial charge in [-0.1, -0.05) is 84.0 Å². The molecule has 2 aromatic heterocycles. The number of aromatic nitrogens is 6. The molecule has 306 valence electrons. The average Bonchev–Trinajstić information content (AvgIpc) is 4.18. The van der Waals surface area contributed by atoms with E-state index >= 15 is 0 Å². The van der Waals surface area contributed by atoms with E-state index in [0.717, 1.165) is 34.3 Å². The van der Waals surface area contributed by atoms with Crippen LogP contribution in [0.15, 0.2) is 101 Å². The summed E-state index contributed by atoms with van der Waals surface area (Å²) in [5.41, 5.74) is 5.22. The fourth-order valence-corrected chi connectivity index (χ4v) is 8.87. The zero-order chi connectivity index (χ0) is 41.8. The number of aryl methyl sites for hydroxylation is 2. The second-order valence-electron chi connectivity index (χ2n) is 14.0. The Balaban J connectivity index is 0.000000266. The number of rotatable bonds is 10. The second-order valence-corrected chi connectivity index (χ2v) is 17.3. The molecule has 1 amide bonds. The number of fused-ring (bicyclic) bond motifs is 2. The maximum absolute atomic E-state index is 12.6. The van der Waals surface area contributed by atoms with Crippen molar-refractivity contribution < 1.29 is 132 Å². The molecule has 14 nitrogen and oxygen atoms in total. The molecule has 0 unspecified atom stereocenters. The first-order chi connectivity index (χ1) is 28.4. The Labute approximate surface area is 453 Å². The molecule has 0 radical (unpaired) electrons. The summed E-state index contributed by atoms with van der Waals surface area (Å²) in [6, 6.07) is 29.5. The zero-order valence-corrected chi connectivity index (χ0v) is 43.2. The van der Waals surface area contributed by atoms with Gasteiger partial charge in [-0.15, -0.1) is 10.2 Å². The number of H-pyrrole nitrogens is 1. The van der Waals surface area contributed by atoms with Crippen molar-refractivity contribution in [3.8, 4) is 11.4 Å². The monoisotopic (exact) mass is 948 g/mol. The number of hydrogen-bond acceptors (Lipinski definition) is 11. The minimum Gasteiger partial charge on any atom is -1.00 e. The molecular formula is C41H39ClK2N8O6S3. The molecule has 2 aliphatic rings. The Kier molecular flexibility index (Phi) is 18.1. The second kappa shape index (κ2) is 22.2. The molecule has 2 fully saturated rings. The maximum Gasteiger partial charge on any atom is 1.00 e. The van der Waals surface area contributed by atoms with Gasteiger partial charge < -0.3 is 16.9 Å². The number of carbonyl (C=O) groups is 2. The summed E-state index contributed by atoms with van der Waals surface area (Å²) in [4.78, 5) is 23.7. The normalized spacial score (nSPS) is 13.1. The molecule has 7 aromatic rings. The minimum absolute atomic E-state index is 0. The van der Waals surface area contributed by atoms with Crippen LogP contribution in [0, 0.1) is 18.6 Å². The summed E-state index contributed by atoms with van der Waals surface area (Å²) >= 11 is 12.7. The van der Waals surface area contributed by atoms with Crippen LogP contribution in [0.2, 0.25) is 5.02 Å². The summed E-state index contributed by atoms with van der Waals surface area (Å²) in [7, 11) is -3.88. The van der Waals surface area contributed by atoms with E-state index < -0.39 is 10.0 Å². The van der Waals surface area contributed by atoms with Crippen molar-refractivity contribution in [2.45, 2.75) is 61.4 Å². The molecule has 20 heteroatoms. The summed E-state index contributed by atoms with van der Waals surface area (Å²) in [5, 5.41) is 37.5. The van der Waals surface area contributed by atoms with Crippen LogP contribution in [0.3, 0.4) is 0 Å². The summed E-state index contributed by atoms with van der Waals surface area (Å²) in [5.74, 6) is 2.72. The van der Waals surface area contributed by atoms with Gasteiger partial charge in [0.05, 0.1) is 32.7 Å². The van der Waals surface area contributed by atoms with Crippen LogP contribution in [0.25, 0.3) is 32.9 Å². The molecule has 9 rings (SSSR count). The van der Waals surface area contributed by atoms with Gasteiger partial charge in [0, 0.05) is 10.8 Å². The molecule has 0 bridgehead atoms. The maximum atomic E-state index is 12.6. The van der Waals surface area contributed by atoms with Crippen molar-refractivity contribution in [3.05, 3.63) is 124 Å². The van der Waals surface area contributed by atoms with E-state index in [4.69, 9.17) is 39.0 Å². The molecule has 0 atom stereocenters. The van der Waals surface area contributed by atoms with Crippen LogP contribution < -0.4 is 118 Å². The van der Waals surface area contributed by atoms with E-state index in [1.807, 2.05) is 29.0 Å². The predicted molar refractivity (Wildman–Crippen MR) is 229 cm³/mol. The van der Waals surface area contributed by atoms with Crippen LogP contribution in [0.4, 0.5) is 5.69 Å². The zero-order valence-electron chi connectivity index (χ0n) is 34.8. The topological polar surface area (TPSA) is 203 Å². The first kappa shape index (κ1) is 49.9. The third kappa shape index (κ3) is 12.0. The average molecular weight is 950 g/mol. The van der Waals surface area contributed by atoms with Crippen molar-refractivity contribution in [1.82, 2.24) is 29.5 Å². The molecule has 4 N–H and O–H groups in total. The smallest absolute Gasteiger partial charge is 1.00 e. The standard InChI is InChI=1S/C24H22ClN5O3S2.C16H15N3S.CH2O3.2K.H/c1-14-28-29-24(34-13-23(31)27-21-10-8-16(12-20(21)25)35(26,32)33)30(14)22-11-9-17(15-6-7-15)18-4-2-3-5-19(18)22;1-10-17-18-16(20)19(10)15-9-8-12(11-6-7-11)13-4-2-3-5-14(13)15;2-1-4-3;;;/h2-5,8-12,15H,6-7,13H2,1H3,(H,27,31)(H2,26,32,33);2-5,8-9,11H,6-7H2,1H3,(H,18,20);1,3H;;;/q;;;2*+1;-1/p-1. The Hall–Kier alpha value is -2.16. The Bertz CT molecular complexity index is 2890. The molecule has 2 aliphatic carbocycles. The first-order valence-electron chi connectivity index (χ1n) is 18.5. The third-order valence-electron chi connectivity index (χ3n) is 9.94. The minimum atomic E-state index is -3.88. The summed E-state index contributed by atoms with van der Waals surface area (Å²) in [6.45, 7) is 3.67. The molecule has 5 aromatic carbocycles. The van der Waals surface area contributed by atoms with E-state index in [1.54, 1.807) is 0 Å². The van der Waals surface area contributed by atoms with Gasteiger partial charge in [0.1, 0.15) is 11.6 Å². The molecule has 0 aliphatic heterocycles. The van der Waals surface area contributed by atoms with Gasteiger partial charge in [0.2, 0.25) is 15.9 Å². The molecule has 0 saturated heterocycles. The van der Waals surface area contributed by atoms with Gasteiger partial charge in [-0.2, -0.15) is 5.10 Å². The largest absolute Gasteiger partial charge is 1.00 e. The number of thioether (sulfide) groups is 1. The quantitative estimate of drug-likeness (QED) is 0.0448. The van der Waals surface area contributed by atoms with Crippen LogP contribution >= 0.6 is 35.6 Å².